The number of allylic oxidation sites excluding steroid dienone is 8. The smallest absolute Gasteiger partial charge is 0.330 e. The van der Waals surface area contributed by atoms with Crippen molar-refractivity contribution in [1.29, 1.82) is 0 Å². The van der Waals surface area contributed by atoms with Gasteiger partial charge in [-0.25, -0.2) is 9.59 Å². The molecule has 234 valence electrons. The van der Waals surface area contributed by atoms with Crippen molar-refractivity contribution >= 4 is 11.9 Å². The predicted octanol–water partition coefficient (Wildman–Crippen LogP) is 6.87. The zero-order valence-electron chi connectivity index (χ0n) is 26.6. The quantitative estimate of drug-likeness (QED) is 0.137. The molecule has 8 nitrogen and oxygen atoms in total. The average molecular weight is 587 g/mol. The van der Waals surface area contributed by atoms with E-state index in [1.165, 1.54) is 12.2 Å². The van der Waals surface area contributed by atoms with Crippen LogP contribution in [-0.4, -0.2) is 61.8 Å². The summed E-state index contributed by atoms with van der Waals surface area (Å²) >= 11 is 0. The Hall–Kier alpha value is -3.10. The van der Waals surface area contributed by atoms with Crippen LogP contribution in [0.5, 0.6) is 0 Å². The molecule has 0 fully saturated rings. The zero-order chi connectivity index (χ0) is 31.5. The number of hydrogen-bond donors (Lipinski definition) is 2. The number of esters is 2. The van der Waals surface area contributed by atoms with Crippen LogP contribution in [0.3, 0.4) is 0 Å². The highest BCUT2D eigenvalue weighted by atomic mass is 16.6. The third kappa shape index (κ3) is 11.6. The van der Waals surface area contributed by atoms with Crippen LogP contribution >= 0.6 is 0 Å². The minimum absolute atomic E-state index is 0.0270. The molecule has 0 aromatic heterocycles. The number of carbonyl (C=O) groups excluding carboxylic acids is 2. The van der Waals surface area contributed by atoms with Gasteiger partial charge in [-0.15, -0.1) is 0 Å². The van der Waals surface area contributed by atoms with Gasteiger partial charge in [-0.3, -0.25) is 0 Å². The summed E-state index contributed by atoms with van der Waals surface area (Å²) < 4.78 is 21.2. The number of aliphatic hydroxyl groups excluding tert-OH is 2. The molecular formula is C34H50O8. The monoisotopic (exact) mass is 586 g/mol. The number of hydrogen-bond acceptors (Lipinski definition) is 8. The van der Waals surface area contributed by atoms with Crippen molar-refractivity contribution in [1.82, 2.24) is 0 Å². The van der Waals surface area contributed by atoms with E-state index in [9.17, 15) is 19.8 Å². The van der Waals surface area contributed by atoms with Crippen LogP contribution in [0, 0.1) is 22.7 Å². The van der Waals surface area contributed by atoms with Gasteiger partial charge in [0.25, 0.3) is 0 Å². The topological polar surface area (TPSA) is 112 Å². The Bertz CT molecular complexity index is 1050. The van der Waals surface area contributed by atoms with Crippen molar-refractivity contribution in [3.05, 3.63) is 70.3 Å². The van der Waals surface area contributed by atoms with Crippen molar-refractivity contribution in [3.8, 4) is 0 Å². The lowest BCUT2D eigenvalue weighted by Crippen LogP contribution is -2.18. The van der Waals surface area contributed by atoms with E-state index in [2.05, 4.69) is 0 Å². The van der Waals surface area contributed by atoms with E-state index in [-0.39, 0.29) is 49.1 Å². The maximum atomic E-state index is 12.1. The first-order valence-corrected chi connectivity index (χ1v) is 14.7. The Kier molecular flexibility index (Phi) is 13.3. The van der Waals surface area contributed by atoms with Crippen molar-refractivity contribution in [2.24, 2.45) is 22.7 Å². The molecule has 0 spiro atoms. The number of ether oxygens (including phenoxy) is 4. The van der Waals surface area contributed by atoms with Crippen molar-refractivity contribution in [3.63, 3.8) is 0 Å². The van der Waals surface area contributed by atoms with Crippen LogP contribution < -0.4 is 0 Å². The zero-order valence-corrected chi connectivity index (χ0v) is 26.6. The first-order valence-electron chi connectivity index (χ1n) is 14.7. The largest absolute Gasteiger partial charge is 0.508 e. The summed E-state index contributed by atoms with van der Waals surface area (Å²) in [5, 5.41) is 20.8. The number of rotatable bonds is 13. The number of aliphatic hydroxyl groups is 2. The molecule has 0 amide bonds. The van der Waals surface area contributed by atoms with Gasteiger partial charge in [-0.2, -0.15) is 0 Å². The molecule has 0 radical (unpaired) electrons. The fraction of sp³-hybridized carbons (Fsp3) is 0.588. The molecule has 0 heterocycles. The highest BCUT2D eigenvalue weighted by molar-refractivity contribution is 5.82. The highest BCUT2D eigenvalue weighted by Crippen LogP contribution is 2.39. The molecule has 0 aromatic rings. The van der Waals surface area contributed by atoms with E-state index in [1.807, 2.05) is 67.5 Å². The second-order valence-corrected chi connectivity index (χ2v) is 12.9. The molecule has 2 atom stereocenters. The molecule has 42 heavy (non-hydrogen) atoms. The predicted molar refractivity (Wildman–Crippen MR) is 164 cm³/mol. The summed E-state index contributed by atoms with van der Waals surface area (Å²) in [4.78, 5) is 24.1. The summed E-state index contributed by atoms with van der Waals surface area (Å²) in [6.07, 6.45) is 11.8. The third-order valence-corrected chi connectivity index (χ3v) is 7.06. The van der Waals surface area contributed by atoms with Crippen LogP contribution in [0.2, 0.25) is 0 Å². The Labute approximate surface area is 251 Å². The molecule has 2 aliphatic rings. The molecule has 8 heteroatoms. The minimum atomic E-state index is -0.438. The molecule has 2 unspecified atom stereocenters. The Balaban J connectivity index is 1.55. The maximum Gasteiger partial charge on any atom is 0.330 e. The van der Waals surface area contributed by atoms with E-state index >= 15 is 0 Å². The standard InChI is InChI=1S/C34H50O8/c1-23-19-25(21-27(31(23)37)33(3,4)5)9-11-29(35)41-17-15-39-13-14-40-16-18-42-30(36)12-10-26-20-24(2)32(38)28(22-26)34(6,7)8/h9-12,21-22,25-26,37-38H,13-20H2,1-8H3. The first-order chi connectivity index (χ1) is 19.6. The van der Waals surface area contributed by atoms with Crippen LogP contribution in [-0.2, 0) is 28.5 Å². The first kappa shape index (κ1) is 35.1. The highest BCUT2D eigenvalue weighted by Gasteiger charge is 2.28. The van der Waals surface area contributed by atoms with Crippen LogP contribution in [0.25, 0.3) is 0 Å². The van der Waals surface area contributed by atoms with Gasteiger partial charge in [0.1, 0.15) is 24.7 Å². The van der Waals surface area contributed by atoms with Crippen LogP contribution in [0.15, 0.2) is 70.3 Å². The van der Waals surface area contributed by atoms with Gasteiger partial charge in [0.2, 0.25) is 0 Å². The Morgan fingerprint density at radius 1 is 0.690 bits per heavy atom. The fourth-order valence-corrected chi connectivity index (χ4v) is 4.75. The van der Waals surface area contributed by atoms with Gasteiger partial charge in [0, 0.05) is 12.2 Å². The van der Waals surface area contributed by atoms with Crippen LogP contribution in [0.1, 0.15) is 68.2 Å². The summed E-state index contributed by atoms with van der Waals surface area (Å²) in [6.45, 7) is 17.5. The SMILES string of the molecule is CC1=C(O)C(C(C)(C)C)=CC(C=CC(=O)OCCOCCOCCOC(=O)C=CC2C=C(C(C)(C)C)C(O)=C(C)C2)C1. The Morgan fingerprint density at radius 2 is 1.02 bits per heavy atom. The summed E-state index contributed by atoms with van der Waals surface area (Å²) in [5.41, 5.74) is 3.22. The molecule has 0 aliphatic heterocycles. The number of carbonyl (C=O) groups is 2. The van der Waals surface area contributed by atoms with Gasteiger partial charge in [-0.1, -0.05) is 65.8 Å². The van der Waals surface area contributed by atoms with Gasteiger partial charge in [0.05, 0.1) is 26.4 Å². The van der Waals surface area contributed by atoms with Crippen molar-refractivity contribution < 1.29 is 38.7 Å². The third-order valence-electron chi connectivity index (χ3n) is 7.06. The van der Waals surface area contributed by atoms with Gasteiger partial charge in [0.15, 0.2) is 0 Å². The summed E-state index contributed by atoms with van der Waals surface area (Å²) in [5.74, 6) is -0.123. The Morgan fingerprint density at radius 3 is 1.36 bits per heavy atom. The van der Waals surface area contributed by atoms with Gasteiger partial charge >= 0.3 is 11.9 Å². The lowest BCUT2D eigenvalue weighted by molar-refractivity contribution is -0.141. The maximum absolute atomic E-state index is 12.1. The van der Waals surface area contributed by atoms with E-state index in [0.717, 1.165) is 22.3 Å². The van der Waals surface area contributed by atoms with Crippen LogP contribution in [0.4, 0.5) is 0 Å². The summed E-state index contributed by atoms with van der Waals surface area (Å²) in [7, 11) is 0. The molecular weight excluding hydrogens is 536 g/mol. The van der Waals surface area contributed by atoms with Crippen molar-refractivity contribution in [2.75, 3.05) is 39.6 Å². The molecule has 2 rings (SSSR count). The van der Waals surface area contributed by atoms with Gasteiger partial charge in [-0.05, 0) is 71.6 Å². The molecule has 0 aromatic carbocycles. The molecule has 0 saturated carbocycles. The average Bonchev–Trinajstić information content (AvgIpc) is 2.89. The van der Waals surface area contributed by atoms with Gasteiger partial charge < -0.3 is 29.2 Å². The lowest BCUT2D eigenvalue weighted by Gasteiger charge is -2.29. The second kappa shape index (κ2) is 15.9. The lowest BCUT2D eigenvalue weighted by atomic mass is 9.77. The molecule has 0 bridgehead atoms. The normalized spacial score (nSPS) is 20.3. The molecule has 0 saturated heterocycles. The molecule has 2 aliphatic carbocycles. The van der Waals surface area contributed by atoms with E-state index in [1.54, 1.807) is 12.2 Å². The fourth-order valence-electron chi connectivity index (χ4n) is 4.75. The van der Waals surface area contributed by atoms with Crippen molar-refractivity contribution in [2.45, 2.75) is 68.2 Å². The second-order valence-electron chi connectivity index (χ2n) is 12.9. The molecule has 2 N–H and O–H groups in total. The minimum Gasteiger partial charge on any atom is -0.508 e. The van der Waals surface area contributed by atoms with E-state index in [4.69, 9.17) is 18.9 Å². The van der Waals surface area contributed by atoms with E-state index < -0.39 is 11.9 Å². The van der Waals surface area contributed by atoms with E-state index in [0.29, 0.717) is 37.6 Å². The summed E-state index contributed by atoms with van der Waals surface area (Å²) in [6, 6.07) is 0.